The fourth-order valence-corrected chi connectivity index (χ4v) is 5.35. The van der Waals surface area contributed by atoms with Crippen molar-refractivity contribution in [3.63, 3.8) is 0 Å². The SMILES string of the molecule is COc1ccc(S(=O)(=O)C(C)(C)C(=O)Cc2nc(C)c(C(C)(C)C)s2)cc1. The van der Waals surface area contributed by atoms with Crippen LogP contribution in [0.5, 0.6) is 5.75 Å². The molecule has 0 spiro atoms. The van der Waals surface area contributed by atoms with Crippen LogP contribution in [0, 0.1) is 6.92 Å². The number of nitrogens with zero attached hydrogens (tertiary/aromatic N) is 1. The number of Topliss-reactive ketones (excluding diaryl/α,β-unsaturated/α-hetero) is 1. The second-order valence-electron chi connectivity index (χ2n) is 8.06. The number of rotatable bonds is 6. The number of aromatic nitrogens is 1. The molecule has 0 aliphatic heterocycles. The first-order valence-corrected chi connectivity index (χ1v) is 11.0. The lowest BCUT2D eigenvalue weighted by Crippen LogP contribution is -2.41. The van der Waals surface area contributed by atoms with E-state index in [0.717, 1.165) is 10.6 Å². The van der Waals surface area contributed by atoms with Crippen LogP contribution in [0.15, 0.2) is 29.2 Å². The minimum atomic E-state index is -3.84. The first-order chi connectivity index (χ1) is 12.3. The molecule has 1 heterocycles. The van der Waals surface area contributed by atoms with Crippen LogP contribution in [0.3, 0.4) is 0 Å². The number of hydrogen-bond donors (Lipinski definition) is 0. The van der Waals surface area contributed by atoms with E-state index in [-0.39, 0.29) is 22.5 Å². The molecule has 0 atom stereocenters. The summed E-state index contributed by atoms with van der Waals surface area (Å²) in [6, 6.07) is 6.09. The van der Waals surface area contributed by atoms with Gasteiger partial charge in [0.15, 0.2) is 15.6 Å². The number of carbonyl (C=O) groups excluding carboxylic acids is 1. The van der Waals surface area contributed by atoms with Crippen LogP contribution < -0.4 is 4.74 Å². The lowest BCUT2D eigenvalue weighted by molar-refractivity contribution is -0.120. The van der Waals surface area contributed by atoms with Crippen molar-refractivity contribution in [2.24, 2.45) is 0 Å². The molecule has 0 aliphatic carbocycles. The highest BCUT2D eigenvalue weighted by Gasteiger charge is 2.42. The average molecular weight is 410 g/mol. The van der Waals surface area contributed by atoms with E-state index >= 15 is 0 Å². The van der Waals surface area contributed by atoms with E-state index < -0.39 is 14.6 Å². The Bertz CT molecular complexity index is 933. The highest BCUT2D eigenvalue weighted by molar-refractivity contribution is 7.93. The van der Waals surface area contributed by atoms with Crippen LogP contribution in [0.4, 0.5) is 0 Å². The van der Waals surface area contributed by atoms with Crippen molar-refractivity contribution >= 4 is 27.0 Å². The second kappa shape index (κ2) is 7.36. The zero-order valence-corrected chi connectivity index (χ0v) is 18.5. The minimum absolute atomic E-state index is 0.00394. The summed E-state index contributed by atoms with van der Waals surface area (Å²) < 4.78 is 29.6. The van der Waals surface area contributed by atoms with Crippen molar-refractivity contribution in [3.05, 3.63) is 39.8 Å². The number of ether oxygens (including phenoxy) is 1. The Morgan fingerprint density at radius 1 is 1.11 bits per heavy atom. The van der Waals surface area contributed by atoms with Crippen molar-refractivity contribution in [1.29, 1.82) is 0 Å². The molecule has 0 saturated heterocycles. The largest absolute Gasteiger partial charge is 0.497 e. The van der Waals surface area contributed by atoms with Gasteiger partial charge in [-0.15, -0.1) is 11.3 Å². The molecule has 2 rings (SSSR count). The standard InChI is InChI=1S/C20H27NO4S2/c1-13-18(19(2,3)4)26-17(21-13)12-16(22)20(5,6)27(23,24)15-10-8-14(25-7)9-11-15/h8-11H,12H2,1-7H3. The monoisotopic (exact) mass is 409 g/mol. The van der Waals surface area contributed by atoms with Crippen LogP contribution in [-0.2, 0) is 26.5 Å². The molecule has 0 amide bonds. The fourth-order valence-electron chi connectivity index (χ4n) is 2.77. The number of ketones is 1. The summed E-state index contributed by atoms with van der Waals surface area (Å²) in [4.78, 5) is 18.6. The average Bonchev–Trinajstić information content (AvgIpc) is 2.95. The third kappa shape index (κ3) is 4.24. The number of benzene rings is 1. The Kier molecular flexibility index (Phi) is 5.88. The molecule has 0 N–H and O–H groups in total. The maximum Gasteiger partial charge on any atom is 0.190 e. The maximum absolute atomic E-state index is 13.0. The summed E-state index contributed by atoms with van der Waals surface area (Å²) in [5.41, 5.74) is 0.833. The van der Waals surface area contributed by atoms with Gasteiger partial charge in [0.25, 0.3) is 0 Å². The van der Waals surface area contributed by atoms with Crippen LogP contribution in [-0.4, -0.2) is 31.0 Å². The highest BCUT2D eigenvalue weighted by Crippen LogP contribution is 2.33. The van der Waals surface area contributed by atoms with Gasteiger partial charge in [-0.25, -0.2) is 13.4 Å². The van der Waals surface area contributed by atoms with Gasteiger partial charge in [0.2, 0.25) is 0 Å². The molecule has 5 nitrogen and oxygen atoms in total. The second-order valence-corrected chi connectivity index (χ2v) is 11.6. The first-order valence-electron chi connectivity index (χ1n) is 8.69. The number of methoxy groups -OCH3 is 1. The Labute approximate surface area is 165 Å². The van der Waals surface area contributed by atoms with Crippen molar-refractivity contribution in [2.45, 2.75) is 63.0 Å². The van der Waals surface area contributed by atoms with Gasteiger partial charge in [-0.05, 0) is 50.5 Å². The topological polar surface area (TPSA) is 73.3 Å². The summed E-state index contributed by atoms with van der Waals surface area (Å²) in [6.07, 6.45) is 0.00394. The van der Waals surface area contributed by atoms with Crippen molar-refractivity contribution in [3.8, 4) is 5.75 Å². The maximum atomic E-state index is 13.0. The van der Waals surface area contributed by atoms with Gasteiger partial charge in [-0.2, -0.15) is 0 Å². The zero-order chi connectivity index (χ0) is 20.6. The zero-order valence-electron chi connectivity index (χ0n) is 16.9. The Balaban J connectivity index is 2.31. The molecule has 0 fully saturated rings. The molecular weight excluding hydrogens is 382 g/mol. The smallest absolute Gasteiger partial charge is 0.190 e. The first kappa shape index (κ1) is 21.6. The summed E-state index contributed by atoms with van der Waals surface area (Å²) >= 11 is 1.48. The van der Waals surface area contributed by atoms with Crippen LogP contribution in [0.25, 0.3) is 0 Å². The number of thiazole rings is 1. The van der Waals surface area contributed by atoms with Gasteiger partial charge in [-0.3, -0.25) is 4.79 Å². The van der Waals surface area contributed by atoms with Gasteiger partial charge in [0.05, 0.1) is 24.1 Å². The molecule has 27 heavy (non-hydrogen) atoms. The molecule has 1 aromatic carbocycles. The summed E-state index contributed by atoms with van der Waals surface area (Å²) in [5.74, 6) is 0.193. The van der Waals surface area contributed by atoms with E-state index in [2.05, 4.69) is 25.8 Å². The summed E-state index contributed by atoms with van der Waals surface area (Å²) in [7, 11) is -2.33. The predicted molar refractivity (Wildman–Crippen MR) is 109 cm³/mol. The predicted octanol–water partition coefficient (Wildman–Crippen LogP) is 4.12. The van der Waals surface area contributed by atoms with Crippen LogP contribution in [0.1, 0.15) is 50.2 Å². The van der Waals surface area contributed by atoms with Crippen molar-refractivity contribution in [1.82, 2.24) is 4.98 Å². The van der Waals surface area contributed by atoms with Crippen molar-refractivity contribution in [2.75, 3.05) is 7.11 Å². The van der Waals surface area contributed by atoms with E-state index in [1.54, 1.807) is 12.1 Å². The highest BCUT2D eigenvalue weighted by atomic mass is 32.2. The molecule has 148 valence electrons. The van der Waals surface area contributed by atoms with E-state index in [1.807, 2.05) is 6.92 Å². The lowest BCUT2D eigenvalue weighted by Gasteiger charge is -2.23. The summed E-state index contributed by atoms with van der Waals surface area (Å²) in [6.45, 7) is 11.1. The molecule has 1 aromatic heterocycles. The lowest BCUT2D eigenvalue weighted by atomic mass is 9.93. The molecule has 0 unspecified atom stereocenters. The van der Waals surface area contributed by atoms with Crippen LogP contribution in [0.2, 0.25) is 0 Å². The van der Waals surface area contributed by atoms with E-state index in [9.17, 15) is 13.2 Å². The normalized spacial score (nSPS) is 12.9. The summed E-state index contributed by atoms with van der Waals surface area (Å²) in [5, 5.41) is 0.653. The van der Waals surface area contributed by atoms with Gasteiger partial charge < -0.3 is 4.74 Å². The molecule has 0 saturated carbocycles. The fraction of sp³-hybridized carbons (Fsp3) is 0.500. The number of aryl methyl sites for hydroxylation is 1. The van der Waals surface area contributed by atoms with Crippen molar-refractivity contribution < 1.29 is 17.9 Å². The van der Waals surface area contributed by atoms with Gasteiger partial charge in [0.1, 0.15) is 15.5 Å². The number of carbonyl (C=O) groups is 1. The third-order valence-electron chi connectivity index (χ3n) is 4.55. The third-order valence-corrected chi connectivity index (χ3v) is 8.59. The number of hydrogen-bond acceptors (Lipinski definition) is 6. The molecule has 0 aliphatic rings. The van der Waals surface area contributed by atoms with E-state index in [1.165, 1.54) is 44.4 Å². The number of sulfone groups is 1. The quantitative estimate of drug-likeness (QED) is 0.717. The van der Waals surface area contributed by atoms with Gasteiger partial charge >= 0.3 is 0 Å². The molecule has 0 bridgehead atoms. The Morgan fingerprint density at radius 3 is 2.11 bits per heavy atom. The molecular formula is C20H27NO4S2. The van der Waals surface area contributed by atoms with Gasteiger partial charge in [-0.1, -0.05) is 20.8 Å². The Hall–Kier alpha value is -1.73. The van der Waals surface area contributed by atoms with Gasteiger partial charge in [0, 0.05) is 4.88 Å². The molecule has 0 radical (unpaired) electrons. The van der Waals surface area contributed by atoms with Crippen LogP contribution >= 0.6 is 11.3 Å². The molecule has 2 aromatic rings. The molecule has 7 heteroatoms. The van der Waals surface area contributed by atoms with E-state index in [4.69, 9.17) is 4.74 Å². The van der Waals surface area contributed by atoms with E-state index in [0.29, 0.717) is 10.8 Å². The Morgan fingerprint density at radius 2 is 1.67 bits per heavy atom. The minimum Gasteiger partial charge on any atom is -0.497 e.